The molecule has 0 aliphatic heterocycles. The van der Waals surface area contributed by atoms with Crippen molar-refractivity contribution in [1.82, 2.24) is 9.97 Å². The van der Waals surface area contributed by atoms with Gasteiger partial charge in [-0.2, -0.15) is 0 Å². The van der Waals surface area contributed by atoms with E-state index in [0.29, 0.717) is 16.4 Å². The topological polar surface area (TPSA) is 51.8 Å². The normalized spacial score (nSPS) is 10.4. The smallest absolute Gasteiger partial charge is 0.134 e. The summed E-state index contributed by atoms with van der Waals surface area (Å²) in [5, 5.41) is 1.40. The minimum absolute atomic E-state index is 0.461. The first-order valence-corrected chi connectivity index (χ1v) is 3.81. The van der Waals surface area contributed by atoms with E-state index in [1.54, 1.807) is 6.07 Å². The average molecular weight is 180 g/mol. The second-order valence-electron chi connectivity index (χ2n) is 2.39. The van der Waals surface area contributed by atoms with Crippen molar-refractivity contribution in [3.8, 4) is 0 Å². The molecule has 4 heteroatoms. The highest BCUT2D eigenvalue weighted by Crippen LogP contribution is 2.23. The van der Waals surface area contributed by atoms with Crippen LogP contribution in [0.4, 0.5) is 5.82 Å². The maximum absolute atomic E-state index is 5.88. The van der Waals surface area contributed by atoms with Gasteiger partial charge in [0.15, 0.2) is 0 Å². The predicted octanol–water partition coefficient (Wildman–Crippen LogP) is 1.87. The molecule has 0 bridgehead atoms. The van der Waals surface area contributed by atoms with Crippen LogP contribution in [-0.4, -0.2) is 9.97 Å². The van der Waals surface area contributed by atoms with Gasteiger partial charge in [-0.15, -0.1) is 0 Å². The number of nitrogen functional groups attached to an aromatic ring is 1. The summed E-state index contributed by atoms with van der Waals surface area (Å²) >= 11 is 5.88. The quantitative estimate of drug-likeness (QED) is 0.672. The van der Waals surface area contributed by atoms with Gasteiger partial charge >= 0.3 is 0 Å². The summed E-state index contributed by atoms with van der Waals surface area (Å²) in [7, 11) is 0. The van der Waals surface area contributed by atoms with E-state index in [1.807, 2.05) is 12.1 Å². The zero-order valence-corrected chi connectivity index (χ0v) is 6.92. The van der Waals surface area contributed by atoms with Gasteiger partial charge in [-0.25, -0.2) is 9.97 Å². The average Bonchev–Trinajstić information content (AvgIpc) is 2.07. The molecular weight excluding hydrogens is 174 g/mol. The van der Waals surface area contributed by atoms with Crippen LogP contribution in [0.25, 0.3) is 10.9 Å². The first-order valence-electron chi connectivity index (χ1n) is 3.44. The molecule has 0 aliphatic rings. The summed E-state index contributed by atoms with van der Waals surface area (Å²) < 4.78 is 0. The number of aromatic nitrogens is 2. The van der Waals surface area contributed by atoms with Crippen LogP contribution in [0.1, 0.15) is 0 Å². The van der Waals surface area contributed by atoms with Crippen molar-refractivity contribution in [1.29, 1.82) is 0 Å². The van der Waals surface area contributed by atoms with Crippen molar-refractivity contribution in [2.45, 2.75) is 0 Å². The Bertz CT molecular complexity index is 386. The van der Waals surface area contributed by atoms with E-state index in [4.69, 9.17) is 17.3 Å². The molecule has 0 spiro atoms. The first kappa shape index (κ1) is 7.31. The third-order valence-electron chi connectivity index (χ3n) is 1.65. The second kappa shape index (κ2) is 2.60. The standard InChI is InChI=1S/C8H6ClN3/c9-6-3-1-2-5-7(6)11-4-12-8(5)10/h1-4H,(H2,10,11,12). The summed E-state index contributed by atoms with van der Waals surface area (Å²) in [4.78, 5) is 7.87. The molecule has 0 unspecified atom stereocenters. The molecule has 0 saturated heterocycles. The van der Waals surface area contributed by atoms with Crippen LogP contribution >= 0.6 is 11.6 Å². The van der Waals surface area contributed by atoms with Crippen LogP contribution in [0.3, 0.4) is 0 Å². The molecule has 2 N–H and O–H groups in total. The summed E-state index contributed by atoms with van der Waals surface area (Å²) in [5.41, 5.74) is 6.32. The Morgan fingerprint density at radius 1 is 1.25 bits per heavy atom. The minimum Gasteiger partial charge on any atom is -0.383 e. The van der Waals surface area contributed by atoms with Gasteiger partial charge in [-0.3, -0.25) is 0 Å². The van der Waals surface area contributed by atoms with Gasteiger partial charge in [0.2, 0.25) is 0 Å². The molecule has 2 aromatic rings. The van der Waals surface area contributed by atoms with Gasteiger partial charge in [-0.1, -0.05) is 17.7 Å². The lowest BCUT2D eigenvalue weighted by Crippen LogP contribution is -1.92. The van der Waals surface area contributed by atoms with E-state index in [0.717, 1.165) is 5.39 Å². The van der Waals surface area contributed by atoms with Gasteiger partial charge in [0, 0.05) is 5.39 Å². The number of anilines is 1. The highest BCUT2D eigenvalue weighted by molar-refractivity contribution is 6.35. The maximum atomic E-state index is 5.88. The number of para-hydroxylation sites is 1. The lowest BCUT2D eigenvalue weighted by atomic mass is 10.2. The van der Waals surface area contributed by atoms with E-state index < -0.39 is 0 Å². The Morgan fingerprint density at radius 2 is 2.08 bits per heavy atom. The minimum atomic E-state index is 0.461. The first-order chi connectivity index (χ1) is 5.79. The van der Waals surface area contributed by atoms with Crippen LogP contribution in [0.5, 0.6) is 0 Å². The van der Waals surface area contributed by atoms with Crippen molar-refractivity contribution >= 4 is 28.3 Å². The van der Waals surface area contributed by atoms with Gasteiger partial charge in [0.1, 0.15) is 12.1 Å². The SMILES string of the molecule is Nc1ncnc2c(Cl)cccc12. The largest absolute Gasteiger partial charge is 0.383 e. The number of benzene rings is 1. The Hall–Kier alpha value is -1.35. The zero-order chi connectivity index (χ0) is 8.55. The third-order valence-corrected chi connectivity index (χ3v) is 1.95. The number of hydrogen-bond acceptors (Lipinski definition) is 3. The Morgan fingerprint density at radius 3 is 2.83 bits per heavy atom. The molecule has 1 aromatic heterocycles. The fourth-order valence-electron chi connectivity index (χ4n) is 1.07. The number of halogens is 1. The molecule has 1 aromatic carbocycles. The van der Waals surface area contributed by atoms with Gasteiger partial charge in [-0.05, 0) is 12.1 Å². The Balaban J connectivity index is 2.94. The van der Waals surface area contributed by atoms with Gasteiger partial charge < -0.3 is 5.73 Å². The van der Waals surface area contributed by atoms with E-state index >= 15 is 0 Å². The van der Waals surface area contributed by atoms with E-state index in [2.05, 4.69) is 9.97 Å². The van der Waals surface area contributed by atoms with E-state index in [1.165, 1.54) is 6.33 Å². The summed E-state index contributed by atoms with van der Waals surface area (Å²) in [5.74, 6) is 0.461. The van der Waals surface area contributed by atoms with E-state index in [-0.39, 0.29) is 0 Å². The van der Waals surface area contributed by atoms with Crippen molar-refractivity contribution < 1.29 is 0 Å². The molecule has 0 aliphatic carbocycles. The summed E-state index contributed by atoms with van der Waals surface area (Å²) in [6, 6.07) is 5.44. The van der Waals surface area contributed by atoms with Crippen LogP contribution in [0.2, 0.25) is 5.02 Å². The number of nitrogens with two attached hydrogens (primary N) is 1. The molecule has 0 atom stereocenters. The zero-order valence-electron chi connectivity index (χ0n) is 6.16. The molecule has 3 nitrogen and oxygen atoms in total. The van der Waals surface area contributed by atoms with Crippen LogP contribution in [0.15, 0.2) is 24.5 Å². The predicted molar refractivity (Wildman–Crippen MR) is 49.0 cm³/mol. The van der Waals surface area contributed by atoms with Gasteiger partial charge in [0.05, 0.1) is 10.5 Å². The molecule has 0 radical (unpaired) electrons. The number of fused-ring (bicyclic) bond motifs is 1. The molecule has 2 rings (SSSR count). The number of rotatable bonds is 0. The molecule has 0 fully saturated rings. The number of hydrogen-bond donors (Lipinski definition) is 1. The van der Waals surface area contributed by atoms with Crippen molar-refractivity contribution in [3.63, 3.8) is 0 Å². The van der Waals surface area contributed by atoms with Crippen LogP contribution < -0.4 is 5.73 Å². The highest BCUT2D eigenvalue weighted by Gasteiger charge is 2.01. The maximum Gasteiger partial charge on any atom is 0.134 e. The molecule has 60 valence electrons. The highest BCUT2D eigenvalue weighted by atomic mass is 35.5. The number of nitrogens with zero attached hydrogens (tertiary/aromatic N) is 2. The monoisotopic (exact) mass is 179 g/mol. The Kier molecular flexibility index (Phi) is 1.59. The lowest BCUT2D eigenvalue weighted by Gasteiger charge is -1.99. The van der Waals surface area contributed by atoms with Crippen molar-refractivity contribution in [3.05, 3.63) is 29.5 Å². The van der Waals surface area contributed by atoms with Crippen molar-refractivity contribution in [2.24, 2.45) is 0 Å². The molecule has 0 amide bonds. The Labute approximate surface area is 74.2 Å². The molecule has 12 heavy (non-hydrogen) atoms. The molecule has 0 saturated carbocycles. The van der Waals surface area contributed by atoms with Crippen LogP contribution in [-0.2, 0) is 0 Å². The van der Waals surface area contributed by atoms with Crippen LogP contribution in [0, 0.1) is 0 Å². The third kappa shape index (κ3) is 0.987. The van der Waals surface area contributed by atoms with Crippen molar-refractivity contribution in [2.75, 3.05) is 5.73 Å². The fourth-order valence-corrected chi connectivity index (χ4v) is 1.29. The fraction of sp³-hybridized carbons (Fsp3) is 0. The van der Waals surface area contributed by atoms with E-state index in [9.17, 15) is 0 Å². The lowest BCUT2D eigenvalue weighted by molar-refractivity contribution is 1.23. The second-order valence-corrected chi connectivity index (χ2v) is 2.80. The summed E-state index contributed by atoms with van der Waals surface area (Å²) in [6.07, 6.45) is 1.41. The summed E-state index contributed by atoms with van der Waals surface area (Å²) in [6.45, 7) is 0. The van der Waals surface area contributed by atoms with Gasteiger partial charge in [0.25, 0.3) is 0 Å². The molecule has 1 heterocycles. The molecular formula is C8H6ClN3.